The van der Waals surface area contributed by atoms with Crippen LogP contribution in [0.4, 0.5) is 13.2 Å². The lowest BCUT2D eigenvalue weighted by atomic mass is 9.80. The van der Waals surface area contributed by atoms with Crippen LogP contribution < -0.4 is 9.46 Å². The summed E-state index contributed by atoms with van der Waals surface area (Å²) in [5.41, 5.74) is 1.97. The molecule has 4 nitrogen and oxygen atoms in total. The lowest BCUT2D eigenvalue weighted by molar-refractivity contribution is -0.145. The number of hydrogen-bond acceptors (Lipinski definition) is 4. The highest BCUT2D eigenvalue weighted by Gasteiger charge is 2.42. The first-order valence-electron chi connectivity index (χ1n) is 10.5. The molecular weight excluding hydrogens is 459 g/mol. The summed E-state index contributed by atoms with van der Waals surface area (Å²) < 4.78 is 74.0. The molecule has 1 N–H and O–H groups in total. The highest BCUT2D eigenvalue weighted by atomic mass is 32.2. The molecule has 1 fully saturated rings. The van der Waals surface area contributed by atoms with Gasteiger partial charge in [0.2, 0.25) is 10.0 Å². The van der Waals surface area contributed by atoms with Crippen molar-refractivity contribution >= 4 is 21.8 Å². The van der Waals surface area contributed by atoms with Gasteiger partial charge in [-0.3, -0.25) is 0 Å². The van der Waals surface area contributed by atoms with E-state index in [1.807, 2.05) is 4.72 Å². The molecular formula is C23H28F3NO3S2. The van der Waals surface area contributed by atoms with Crippen LogP contribution in [0.3, 0.4) is 0 Å². The van der Waals surface area contributed by atoms with Crippen molar-refractivity contribution in [2.45, 2.75) is 61.5 Å². The third-order valence-electron chi connectivity index (χ3n) is 5.71. The molecule has 0 saturated heterocycles. The fraction of sp³-hybridized carbons (Fsp3) is 0.478. The average Bonchev–Trinajstić information content (AvgIpc) is 2.66. The number of benzene rings is 2. The Bertz CT molecular complexity index is 1010. The monoisotopic (exact) mass is 487 g/mol. The maximum atomic E-state index is 13.7. The van der Waals surface area contributed by atoms with Gasteiger partial charge in [-0.1, -0.05) is 31.4 Å². The van der Waals surface area contributed by atoms with Crippen molar-refractivity contribution in [2.75, 3.05) is 12.9 Å². The maximum absolute atomic E-state index is 13.7. The van der Waals surface area contributed by atoms with Crippen molar-refractivity contribution in [1.29, 1.82) is 0 Å². The summed E-state index contributed by atoms with van der Waals surface area (Å²) in [5.74, 6) is 0.723. The van der Waals surface area contributed by atoms with E-state index in [4.69, 9.17) is 4.74 Å². The van der Waals surface area contributed by atoms with E-state index >= 15 is 0 Å². The summed E-state index contributed by atoms with van der Waals surface area (Å²) in [7, 11) is -2.86. The van der Waals surface area contributed by atoms with Gasteiger partial charge in [-0.2, -0.15) is 17.9 Å². The van der Waals surface area contributed by atoms with Crippen LogP contribution in [0.25, 0.3) is 0 Å². The minimum absolute atomic E-state index is 0.0708. The Morgan fingerprint density at radius 2 is 1.72 bits per heavy atom. The van der Waals surface area contributed by atoms with E-state index in [9.17, 15) is 21.6 Å². The molecule has 1 atom stereocenters. The number of sulfonamides is 1. The Morgan fingerprint density at radius 1 is 1.12 bits per heavy atom. The predicted molar refractivity (Wildman–Crippen MR) is 121 cm³/mol. The van der Waals surface area contributed by atoms with Gasteiger partial charge in [0.15, 0.2) is 0 Å². The number of ether oxygens (including phenoxy) is 1. The normalized spacial score (nSPS) is 15.9. The number of halogens is 3. The summed E-state index contributed by atoms with van der Waals surface area (Å²) in [6.45, 7) is 3.28. The van der Waals surface area contributed by atoms with E-state index in [2.05, 4.69) is 0 Å². The first kappa shape index (κ1) is 24.9. The molecule has 1 saturated carbocycles. The average molecular weight is 488 g/mol. The molecule has 176 valence electrons. The van der Waals surface area contributed by atoms with Crippen LogP contribution in [0.15, 0.2) is 46.2 Å². The van der Waals surface area contributed by atoms with Gasteiger partial charge in [-0.05, 0) is 67.1 Å². The summed E-state index contributed by atoms with van der Waals surface area (Å²) >= 11 is 0.935. The Kier molecular flexibility index (Phi) is 7.83. The fourth-order valence-corrected chi connectivity index (χ4v) is 6.65. The lowest BCUT2D eigenvalue weighted by Crippen LogP contribution is -2.47. The van der Waals surface area contributed by atoms with E-state index in [-0.39, 0.29) is 4.90 Å². The molecule has 0 bridgehead atoms. The molecule has 2 aromatic rings. The van der Waals surface area contributed by atoms with Crippen LogP contribution in [-0.2, 0) is 16.4 Å². The van der Waals surface area contributed by atoms with Crippen LogP contribution in [0.5, 0.6) is 5.75 Å². The highest BCUT2D eigenvalue weighted by Crippen LogP contribution is 2.33. The number of aryl methyl sites for hydroxylation is 2. The van der Waals surface area contributed by atoms with Crippen LogP contribution in [0.1, 0.15) is 36.0 Å². The Balaban J connectivity index is 1.77. The van der Waals surface area contributed by atoms with Crippen molar-refractivity contribution in [3.05, 3.63) is 53.1 Å². The standard InChI is InChI=1S/C23H28F3NO3S2/c1-15-11-18(13-17-5-4-6-17)12-16(2)22(15)32(28,29)27-21(23(24,25)26)14-31-20-9-7-19(30-3)8-10-20/h7-12,17,21,27H,4-6,13-14H2,1-3H3. The molecule has 2 aromatic carbocycles. The molecule has 3 rings (SSSR count). The minimum Gasteiger partial charge on any atom is -0.497 e. The third kappa shape index (κ3) is 6.20. The van der Waals surface area contributed by atoms with Crippen molar-refractivity contribution in [3.63, 3.8) is 0 Å². The molecule has 0 spiro atoms. The number of alkyl halides is 3. The molecule has 0 aromatic heterocycles. The van der Waals surface area contributed by atoms with Crippen LogP contribution in [-0.4, -0.2) is 33.5 Å². The molecule has 0 heterocycles. The zero-order valence-corrected chi connectivity index (χ0v) is 20.0. The smallest absolute Gasteiger partial charge is 0.405 e. The lowest BCUT2D eigenvalue weighted by Gasteiger charge is -2.26. The third-order valence-corrected chi connectivity index (χ3v) is 8.59. The number of methoxy groups -OCH3 is 1. The van der Waals surface area contributed by atoms with E-state index in [0.717, 1.165) is 23.7 Å². The number of nitrogens with one attached hydrogen (secondary N) is 1. The van der Waals surface area contributed by atoms with Gasteiger partial charge in [-0.15, -0.1) is 11.8 Å². The van der Waals surface area contributed by atoms with Crippen LogP contribution in [0, 0.1) is 19.8 Å². The highest BCUT2D eigenvalue weighted by molar-refractivity contribution is 7.99. The fourth-order valence-electron chi connectivity index (χ4n) is 3.90. The molecule has 0 radical (unpaired) electrons. The summed E-state index contributed by atoms with van der Waals surface area (Å²) in [5, 5.41) is 0. The van der Waals surface area contributed by atoms with Gasteiger partial charge in [0.1, 0.15) is 11.8 Å². The molecule has 1 aliphatic carbocycles. The van der Waals surface area contributed by atoms with Gasteiger partial charge in [0.05, 0.1) is 12.0 Å². The Morgan fingerprint density at radius 3 is 2.19 bits per heavy atom. The largest absolute Gasteiger partial charge is 0.497 e. The summed E-state index contributed by atoms with van der Waals surface area (Å²) in [6, 6.07) is 7.93. The first-order valence-corrected chi connectivity index (χ1v) is 12.9. The number of thioether (sulfide) groups is 1. The second-order valence-electron chi connectivity index (χ2n) is 8.26. The van der Waals surface area contributed by atoms with Gasteiger partial charge >= 0.3 is 6.18 Å². The SMILES string of the molecule is COc1ccc(SCC(NS(=O)(=O)c2c(C)cc(CC3CCC3)cc2C)C(F)(F)F)cc1. The molecule has 32 heavy (non-hydrogen) atoms. The van der Waals surface area contributed by atoms with E-state index in [1.54, 1.807) is 50.2 Å². The van der Waals surface area contributed by atoms with Gasteiger partial charge < -0.3 is 4.74 Å². The van der Waals surface area contributed by atoms with Crippen LogP contribution >= 0.6 is 11.8 Å². The second kappa shape index (κ2) is 10.1. The molecule has 0 aliphatic heterocycles. The van der Waals surface area contributed by atoms with Crippen molar-refractivity contribution in [3.8, 4) is 5.75 Å². The topological polar surface area (TPSA) is 55.4 Å². The van der Waals surface area contributed by atoms with Gasteiger partial charge in [0.25, 0.3) is 0 Å². The summed E-state index contributed by atoms with van der Waals surface area (Å²) in [4.78, 5) is 0.519. The van der Waals surface area contributed by atoms with Gasteiger partial charge in [0, 0.05) is 10.6 Å². The predicted octanol–water partition coefficient (Wildman–Crippen LogP) is 5.66. The second-order valence-corrected chi connectivity index (χ2v) is 11.0. The van der Waals surface area contributed by atoms with E-state index < -0.39 is 28.0 Å². The quantitative estimate of drug-likeness (QED) is 0.464. The number of rotatable bonds is 9. The number of hydrogen-bond donors (Lipinski definition) is 1. The molecule has 1 aliphatic rings. The Labute approximate surface area is 192 Å². The first-order chi connectivity index (χ1) is 15.0. The van der Waals surface area contributed by atoms with Crippen molar-refractivity contribution < 1.29 is 26.3 Å². The Hall–Kier alpha value is -1.71. The van der Waals surface area contributed by atoms with E-state index in [0.29, 0.717) is 27.7 Å². The van der Waals surface area contributed by atoms with E-state index in [1.165, 1.54) is 26.4 Å². The molecule has 9 heteroatoms. The molecule has 1 unspecified atom stereocenters. The molecule has 0 amide bonds. The van der Waals surface area contributed by atoms with Crippen molar-refractivity contribution in [2.24, 2.45) is 5.92 Å². The zero-order valence-electron chi connectivity index (χ0n) is 18.3. The maximum Gasteiger partial charge on any atom is 0.405 e. The van der Waals surface area contributed by atoms with Gasteiger partial charge in [-0.25, -0.2) is 8.42 Å². The van der Waals surface area contributed by atoms with Crippen LogP contribution in [0.2, 0.25) is 0 Å². The minimum atomic E-state index is -4.72. The zero-order chi connectivity index (χ0) is 23.5. The van der Waals surface area contributed by atoms with Crippen molar-refractivity contribution in [1.82, 2.24) is 4.72 Å². The summed E-state index contributed by atoms with van der Waals surface area (Å²) in [6.07, 6.45) is -0.304.